The lowest BCUT2D eigenvalue weighted by molar-refractivity contribution is 0.412. The summed E-state index contributed by atoms with van der Waals surface area (Å²) >= 11 is 3.40. The van der Waals surface area contributed by atoms with E-state index in [2.05, 4.69) is 26.2 Å². The highest BCUT2D eigenvalue weighted by Crippen LogP contribution is 2.30. The maximum Gasteiger partial charge on any atom is 0.154 e. The largest absolute Gasteiger partial charge is 0.496 e. The van der Waals surface area contributed by atoms with Gasteiger partial charge in [0.25, 0.3) is 0 Å². The number of aromatic nitrogens is 1. The summed E-state index contributed by atoms with van der Waals surface area (Å²) in [6, 6.07) is 9.09. The fraction of sp³-hybridized carbons (Fsp3) is 0.0769. The van der Waals surface area contributed by atoms with E-state index >= 15 is 0 Å². The Morgan fingerprint density at radius 2 is 2.21 bits per heavy atom. The van der Waals surface area contributed by atoms with Crippen LogP contribution in [0.25, 0.3) is 0 Å². The van der Waals surface area contributed by atoms with Crippen molar-refractivity contribution in [3.05, 3.63) is 40.5 Å². The molecule has 0 radical (unpaired) electrons. The molecule has 2 rings (SSSR count). The lowest BCUT2D eigenvalue weighted by Gasteiger charge is -2.10. The Bertz CT molecular complexity index is 652. The zero-order valence-electron chi connectivity index (χ0n) is 10.1. The lowest BCUT2D eigenvalue weighted by Crippen LogP contribution is -2.01. The van der Waals surface area contributed by atoms with Crippen molar-refractivity contribution in [2.24, 2.45) is 0 Å². The number of hydrogen-bond donors (Lipinski definition) is 2. The van der Waals surface area contributed by atoms with Crippen LogP contribution < -0.4 is 15.8 Å². The molecule has 1 heterocycles. The summed E-state index contributed by atoms with van der Waals surface area (Å²) < 4.78 is 5.97. The smallest absolute Gasteiger partial charge is 0.154 e. The Balaban J connectivity index is 2.32. The average Bonchev–Trinajstić information content (AvgIpc) is 2.41. The molecule has 0 fully saturated rings. The maximum atomic E-state index is 8.91. The fourth-order valence-electron chi connectivity index (χ4n) is 1.55. The van der Waals surface area contributed by atoms with Crippen molar-refractivity contribution < 1.29 is 4.74 Å². The Morgan fingerprint density at radius 1 is 1.42 bits per heavy atom. The van der Waals surface area contributed by atoms with Gasteiger partial charge in [0, 0.05) is 11.9 Å². The van der Waals surface area contributed by atoms with Crippen molar-refractivity contribution in [2.45, 2.75) is 0 Å². The van der Waals surface area contributed by atoms with Gasteiger partial charge >= 0.3 is 0 Å². The summed E-state index contributed by atoms with van der Waals surface area (Å²) in [5, 5.41) is 12.0. The quantitative estimate of drug-likeness (QED) is 0.908. The number of anilines is 3. The number of nitrogen functional groups attached to an aromatic ring is 1. The molecule has 0 amide bonds. The van der Waals surface area contributed by atoms with E-state index in [0.29, 0.717) is 17.1 Å². The SMILES string of the molecule is COc1ccc(Nc2nccc(C#N)c2N)cc1Br. The highest BCUT2D eigenvalue weighted by atomic mass is 79.9. The highest BCUT2D eigenvalue weighted by Gasteiger charge is 2.07. The number of nitriles is 1. The first-order valence-electron chi connectivity index (χ1n) is 5.41. The third kappa shape index (κ3) is 2.77. The van der Waals surface area contributed by atoms with Crippen LogP contribution in [0.1, 0.15) is 5.56 Å². The number of methoxy groups -OCH3 is 1. The van der Waals surface area contributed by atoms with Crippen LogP contribution in [0.2, 0.25) is 0 Å². The molecule has 1 aromatic carbocycles. The molecule has 0 saturated heterocycles. The molecule has 0 aliphatic heterocycles. The molecule has 96 valence electrons. The molecule has 0 spiro atoms. The van der Waals surface area contributed by atoms with E-state index in [9.17, 15) is 0 Å². The van der Waals surface area contributed by atoms with Crippen LogP contribution in [0.15, 0.2) is 34.9 Å². The standard InChI is InChI=1S/C13H11BrN4O/c1-19-11-3-2-9(6-10(11)14)18-13-12(16)8(7-15)4-5-17-13/h2-6H,16H2,1H3,(H,17,18). The van der Waals surface area contributed by atoms with Crippen molar-refractivity contribution in [1.82, 2.24) is 4.98 Å². The zero-order chi connectivity index (χ0) is 13.8. The minimum Gasteiger partial charge on any atom is -0.496 e. The molecule has 1 aromatic heterocycles. The molecular weight excluding hydrogens is 308 g/mol. The van der Waals surface area contributed by atoms with Crippen LogP contribution in [0.5, 0.6) is 5.75 Å². The van der Waals surface area contributed by atoms with Crippen LogP contribution >= 0.6 is 15.9 Å². The third-order valence-corrected chi connectivity index (χ3v) is 3.14. The van der Waals surface area contributed by atoms with E-state index in [1.54, 1.807) is 13.2 Å². The van der Waals surface area contributed by atoms with Gasteiger partial charge in [-0.15, -0.1) is 0 Å². The van der Waals surface area contributed by atoms with Crippen LogP contribution in [-0.2, 0) is 0 Å². The summed E-state index contributed by atoms with van der Waals surface area (Å²) in [6.45, 7) is 0. The van der Waals surface area contributed by atoms with Gasteiger partial charge in [-0.25, -0.2) is 4.98 Å². The monoisotopic (exact) mass is 318 g/mol. The molecule has 0 bridgehead atoms. The Kier molecular flexibility index (Phi) is 3.88. The Labute approximate surface area is 119 Å². The number of hydrogen-bond acceptors (Lipinski definition) is 5. The molecule has 2 aromatic rings. The molecule has 19 heavy (non-hydrogen) atoms. The lowest BCUT2D eigenvalue weighted by atomic mass is 10.2. The average molecular weight is 319 g/mol. The number of pyridine rings is 1. The first-order chi connectivity index (χ1) is 9.15. The molecular formula is C13H11BrN4O. The van der Waals surface area contributed by atoms with Gasteiger partial charge < -0.3 is 15.8 Å². The molecule has 5 nitrogen and oxygen atoms in total. The normalized spacial score (nSPS) is 9.74. The van der Waals surface area contributed by atoms with E-state index in [1.165, 1.54) is 6.20 Å². The van der Waals surface area contributed by atoms with E-state index < -0.39 is 0 Å². The summed E-state index contributed by atoms with van der Waals surface area (Å²) in [7, 11) is 1.60. The number of nitrogens with zero attached hydrogens (tertiary/aromatic N) is 2. The van der Waals surface area contributed by atoms with Crippen molar-refractivity contribution >= 4 is 33.1 Å². The zero-order valence-corrected chi connectivity index (χ0v) is 11.7. The number of nitrogens with two attached hydrogens (primary N) is 1. The van der Waals surface area contributed by atoms with Gasteiger partial charge in [0.15, 0.2) is 5.82 Å². The van der Waals surface area contributed by atoms with Gasteiger partial charge in [0.1, 0.15) is 11.8 Å². The summed E-state index contributed by atoms with van der Waals surface area (Å²) in [5.74, 6) is 1.19. The van der Waals surface area contributed by atoms with E-state index in [-0.39, 0.29) is 0 Å². The maximum absolute atomic E-state index is 8.91. The van der Waals surface area contributed by atoms with Gasteiger partial charge in [-0.1, -0.05) is 0 Å². The van der Waals surface area contributed by atoms with Gasteiger partial charge in [0.05, 0.1) is 22.8 Å². The van der Waals surface area contributed by atoms with Crippen molar-refractivity contribution in [1.29, 1.82) is 5.26 Å². The summed E-state index contributed by atoms with van der Waals surface area (Å²) in [6.07, 6.45) is 1.54. The second-order valence-electron chi connectivity index (χ2n) is 3.71. The molecule has 3 N–H and O–H groups in total. The molecule has 0 atom stereocenters. The van der Waals surface area contributed by atoms with E-state index in [4.69, 9.17) is 15.7 Å². The summed E-state index contributed by atoms with van der Waals surface area (Å²) in [5.41, 5.74) is 7.37. The number of rotatable bonds is 3. The third-order valence-electron chi connectivity index (χ3n) is 2.53. The minimum absolute atomic E-state index is 0.331. The molecule has 6 heteroatoms. The number of benzene rings is 1. The first-order valence-corrected chi connectivity index (χ1v) is 6.20. The number of nitrogens with one attached hydrogen (secondary N) is 1. The predicted octanol–water partition coefficient (Wildman–Crippen LogP) is 3.05. The Morgan fingerprint density at radius 3 is 2.84 bits per heavy atom. The second kappa shape index (κ2) is 5.59. The van der Waals surface area contributed by atoms with Crippen LogP contribution in [0.4, 0.5) is 17.2 Å². The summed E-state index contributed by atoms with van der Waals surface area (Å²) in [4.78, 5) is 4.12. The molecule has 0 aliphatic carbocycles. The molecule has 0 saturated carbocycles. The first kappa shape index (κ1) is 13.2. The Hall–Kier alpha value is -2.26. The topological polar surface area (TPSA) is 84.0 Å². The predicted molar refractivity (Wildman–Crippen MR) is 77.3 cm³/mol. The minimum atomic E-state index is 0.331. The van der Waals surface area contributed by atoms with Crippen LogP contribution in [0, 0.1) is 11.3 Å². The van der Waals surface area contributed by atoms with Crippen molar-refractivity contribution in [3.8, 4) is 11.8 Å². The van der Waals surface area contributed by atoms with Crippen molar-refractivity contribution in [3.63, 3.8) is 0 Å². The number of ether oxygens (including phenoxy) is 1. The second-order valence-corrected chi connectivity index (χ2v) is 4.56. The highest BCUT2D eigenvalue weighted by molar-refractivity contribution is 9.10. The van der Waals surface area contributed by atoms with Crippen LogP contribution in [0.3, 0.4) is 0 Å². The van der Waals surface area contributed by atoms with Crippen LogP contribution in [-0.4, -0.2) is 12.1 Å². The fourth-order valence-corrected chi connectivity index (χ4v) is 2.09. The number of halogens is 1. The van der Waals surface area contributed by atoms with E-state index in [1.807, 2.05) is 24.3 Å². The van der Waals surface area contributed by atoms with Crippen molar-refractivity contribution in [2.75, 3.05) is 18.2 Å². The molecule has 0 unspecified atom stereocenters. The van der Waals surface area contributed by atoms with E-state index in [0.717, 1.165) is 15.9 Å². The van der Waals surface area contributed by atoms with Gasteiger partial charge in [-0.3, -0.25) is 0 Å². The van der Waals surface area contributed by atoms with Gasteiger partial charge in [-0.2, -0.15) is 5.26 Å². The van der Waals surface area contributed by atoms with Gasteiger partial charge in [-0.05, 0) is 40.2 Å². The molecule has 0 aliphatic rings. The van der Waals surface area contributed by atoms with Gasteiger partial charge in [0.2, 0.25) is 0 Å².